The number of esters is 3. The van der Waals surface area contributed by atoms with Crippen LogP contribution in [0.25, 0.3) is 0 Å². The normalized spacial score (nSPS) is 27.6. The number of fused-ring (bicyclic) bond motifs is 1. The highest BCUT2D eigenvalue weighted by Gasteiger charge is 2.58. The number of carbonyl (C=O) groups is 3. The van der Waals surface area contributed by atoms with Crippen LogP contribution in [0.15, 0.2) is 95.9 Å². The van der Waals surface area contributed by atoms with Gasteiger partial charge in [-0.25, -0.2) is 14.4 Å². The van der Waals surface area contributed by atoms with E-state index < -0.39 is 53.5 Å². The van der Waals surface area contributed by atoms with Crippen LogP contribution in [-0.2, 0) is 33.2 Å². The van der Waals surface area contributed by atoms with Crippen LogP contribution in [0.4, 0.5) is 0 Å². The fourth-order valence-electron chi connectivity index (χ4n) is 4.50. The molecule has 0 radical (unpaired) electrons. The largest absolute Gasteiger partial charge is 0.465 e. The Labute approximate surface area is 235 Å². The summed E-state index contributed by atoms with van der Waals surface area (Å²) in [4.78, 5) is 40.0. The predicted octanol–water partition coefficient (Wildman–Crippen LogP) is 4.26. The van der Waals surface area contributed by atoms with Crippen molar-refractivity contribution >= 4 is 29.7 Å². The predicted molar refractivity (Wildman–Crippen MR) is 143 cm³/mol. The first-order valence-electron chi connectivity index (χ1n) is 12.7. The zero-order valence-corrected chi connectivity index (χ0v) is 22.7. The molecule has 2 heterocycles. The lowest BCUT2D eigenvalue weighted by Crippen LogP contribution is -2.67. The van der Waals surface area contributed by atoms with E-state index in [9.17, 15) is 14.4 Å². The van der Waals surface area contributed by atoms with Crippen LogP contribution in [0.5, 0.6) is 0 Å². The van der Waals surface area contributed by atoms with E-state index in [1.165, 1.54) is 25.8 Å². The third-order valence-corrected chi connectivity index (χ3v) is 7.69. The molecule has 0 aromatic heterocycles. The fraction of sp³-hybridized carbons (Fsp3) is 0.300. The lowest BCUT2D eigenvalue weighted by Gasteiger charge is -2.49. The van der Waals surface area contributed by atoms with Crippen LogP contribution in [0.1, 0.15) is 27.6 Å². The first-order chi connectivity index (χ1) is 19.4. The van der Waals surface area contributed by atoms with E-state index >= 15 is 0 Å². The van der Waals surface area contributed by atoms with Crippen molar-refractivity contribution in [3.8, 4) is 0 Å². The number of rotatable bonds is 7. The Balaban J connectivity index is 1.53. The standard InChI is InChI=1S/C30H28O9S/c1-30(29(33)34-2)35-18-22-23(39-30)24(37-26(31)19-12-6-3-7-13-19)25(38-27(32)20-14-8-4-9-15-20)28(36-22)40-21-16-10-5-11-17-21/h3-17,22-25,28H,18H2,1-2H3/t22-,23+,24+,25-,28+,30-/m1/s1. The van der Waals surface area contributed by atoms with E-state index in [4.69, 9.17) is 28.4 Å². The topological polar surface area (TPSA) is 107 Å². The zero-order chi connectivity index (χ0) is 28.1. The molecule has 0 saturated carbocycles. The maximum Gasteiger partial charge on any atom is 0.366 e. The summed E-state index contributed by atoms with van der Waals surface area (Å²) >= 11 is 1.31. The number of ether oxygens (including phenoxy) is 6. The monoisotopic (exact) mass is 564 g/mol. The van der Waals surface area contributed by atoms with Gasteiger partial charge in [0.25, 0.3) is 5.79 Å². The highest BCUT2D eigenvalue weighted by molar-refractivity contribution is 7.99. The molecule has 0 unspecified atom stereocenters. The molecule has 40 heavy (non-hydrogen) atoms. The Hall–Kier alpha value is -3.70. The van der Waals surface area contributed by atoms with Gasteiger partial charge in [-0.2, -0.15) is 0 Å². The molecule has 2 saturated heterocycles. The van der Waals surface area contributed by atoms with Crippen molar-refractivity contribution in [1.29, 1.82) is 0 Å². The van der Waals surface area contributed by atoms with Gasteiger partial charge >= 0.3 is 17.9 Å². The average Bonchev–Trinajstić information content (AvgIpc) is 3.00. The van der Waals surface area contributed by atoms with E-state index in [1.54, 1.807) is 60.7 Å². The van der Waals surface area contributed by atoms with Gasteiger partial charge in [-0.3, -0.25) is 0 Å². The molecule has 3 aromatic carbocycles. The second-order valence-electron chi connectivity index (χ2n) is 9.28. The number of hydrogen-bond donors (Lipinski definition) is 0. The summed E-state index contributed by atoms with van der Waals surface area (Å²) in [6.07, 6.45) is -4.05. The second-order valence-corrected chi connectivity index (χ2v) is 10.4. The van der Waals surface area contributed by atoms with Crippen LogP contribution in [0, 0.1) is 0 Å². The Bertz CT molecular complexity index is 1320. The van der Waals surface area contributed by atoms with Gasteiger partial charge in [0, 0.05) is 11.8 Å². The minimum atomic E-state index is -1.79. The summed E-state index contributed by atoms with van der Waals surface area (Å²) in [5.74, 6) is -3.83. The average molecular weight is 565 g/mol. The van der Waals surface area contributed by atoms with Crippen molar-refractivity contribution in [3.63, 3.8) is 0 Å². The van der Waals surface area contributed by atoms with Crippen LogP contribution < -0.4 is 0 Å². The first kappa shape index (κ1) is 27.9. The molecule has 0 aliphatic carbocycles. The van der Waals surface area contributed by atoms with E-state index in [0.717, 1.165) is 4.90 Å². The van der Waals surface area contributed by atoms with Crippen molar-refractivity contribution in [1.82, 2.24) is 0 Å². The smallest absolute Gasteiger partial charge is 0.366 e. The summed E-state index contributed by atoms with van der Waals surface area (Å²) in [6, 6.07) is 26.3. The molecule has 0 N–H and O–H groups in total. The highest BCUT2D eigenvalue weighted by Crippen LogP contribution is 2.41. The Kier molecular flexibility index (Phi) is 8.51. The van der Waals surface area contributed by atoms with Crippen LogP contribution in [0.2, 0.25) is 0 Å². The SMILES string of the molecule is COC(=O)[C@]1(C)OC[C@H]2O[C@@H](Sc3ccccc3)[C@H](OC(=O)c3ccccc3)[C@@H](OC(=O)c3ccccc3)[C@H]2O1. The maximum absolute atomic E-state index is 13.3. The molecule has 2 aliphatic rings. The molecule has 10 heteroatoms. The number of thioether (sulfide) groups is 1. The summed E-state index contributed by atoms with van der Waals surface area (Å²) in [5.41, 5.74) is -0.193. The molecular weight excluding hydrogens is 536 g/mol. The quantitative estimate of drug-likeness (QED) is 0.305. The van der Waals surface area contributed by atoms with Crippen molar-refractivity contribution in [2.24, 2.45) is 0 Å². The molecule has 9 nitrogen and oxygen atoms in total. The number of methoxy groups -OCH3 is 1. The number of benzene rings is 3. The molecule has 0 spiro atoms. The second kappa shape index (κ2) is 12.2. The van der Waals surface area contributed by atoms with Crippen LogP contribution in [-0.4, -0.2) is 67.3 Å². The molecule has 5 rings (SSSR count). The lowest BCUT2D eigenvalue weighted by molar-refractivity contribution is -0.346. The summed E-state index contributed by atoms with van der Waals surface area (Å²) in [7, 11) is 1.22. The van der Waals surface area contributed by atoms with Crippen molar-refractivity contribution in [3.05, 3.63) is 102 Å². The maximum atomic E-state index is 13.3. The van der Waals surface area contributed by atoms with Gasteiger partial charge in [-0.05, 0) is 36.4 Å². The Morgan fingerprint density at radius 3 is 1.88 bits per heavy atom. The van der Waals surface area contributed by atoms with E-state index in [2.05, 4.69) is 0 Å². The van der Waals surface area contributed by atoms with E-state index in [1.807, 2.05) is 30.3 Å². The molecule has 208 valence electrons. The molecule has 6 atom stereocenters. The molecule has 3 aromatic rings. The number of carbonyl (C=O) groups excluding carboxylic acids is 3. The van der Waals surface area contributed by atoms with Crippen molar-refractivity contribution in [2.75, 3.05) is 13.7 Å². The van der Waals surface area contributed by atoms with Gasteiger partial charge in [0.15, 0.2) is 12.2 Å². The highest BCUT2D eigenvalue weighted by atomic mass is 32.2. The van der Waals surface area contributed by atoms with E-state index in [0.29, 0.717) is 11.1 Å². The van der Waals surface area contributed by atoms with Gasteiger partial charge in [0.2, 0.25) is 0 Å². The van der Waals surface area contributed by atoms with Gasteiger partial charge in [-0.1, -0.05) is 66.4 Å². The van der Waals surface area contributed by atoms with Gasteiger partial charge in [0.1, 0.15) is 17.6 Å². The molecule has 2 aliphatic heterocycles. The Morgan fingerprint density at radius 1 is 0.800 bits per heavy atom. The minimum Gasteiger partial charge on any atom is -0.465 e. The summed E-state index contributed by atoms with van der Waals surface area (Å²) in [5, 5.41) is 0. The van der Waals surface area contributed by atoms with Gasteiger partial charge in [-0.15, -0.1) is 0 Å². The zero-order valence-electron chi connectivity index (χ0n) is 21.8. The van der Waals surface area contributed by atoms with Crippen molar-refractivity contribution in [2.45, 2.75) is 47.5 Å². The van der Waals surface area contributed by atoms with E-state index in [-0.39, 0.29) is 6.61 Å². The summed E-state index contributed by atoms with van der Waals surface area (Å²) in [6.45, 7) is 1.36. The minimum absolute atomic E-state index is 0.0547. The summed E-state index contributed by atoms with van der Waals surface area (Å²) < 4.78 is 35.1. The fourth-order valence-corrected chi connectivity index (χ4v) is 5.63. The number of hydrogen-bond acceptors (Lipinski definition) is 10. The van der Waals surface area contributed by atoms with Crippen LogP contribution >= 0.6 is 11.8 Å². The third kappa shape index (κ3) is 6.05. The van der Waals surface area contributed by atoms with Crippen molar-refractivity contribution < 1.29 is 42.8 Å². The first-order valence-corrected chi connectivity index (χ1v) is 13.6. The van der Waals surface area contributed by atoms with Gasteiger partial charge in [0.05, 0.1) is 24.8 Å². The Morgan fingerprint density at radius 2 is 1.32 bits per heavy atom. The third-order valence-electron chi connectivity index (χ3n) is 6.53. The molecule has 0 bridgehead atoms. The van der Waals surface area contributed by atoms with Crippen LogP contribution in [0.3, 0.4) is 0 Å². The molecule has 2 fully saturated rings. The molecular formula is C30H28O9S. The van der Waals surface area contributed by atoms with Gasteiger partial charge < -0.3 is 28.4 Å². The molecule has 0 amide bonds. The lowest BCUT2D eigenvalue weighted by atomic mass is 9.97.